The lowest BCUT2D eigenvalue weighted by molar-refractivity contribution is 1.08. The zero-order chi connectivity index (χ0) is 18.9. The van der Waals surface area contributed by atoms with Crippen molar-refractivity contribution in [3.05, 3.63) is 103 Å². The Morgan fingerprint density at radius 2 is 1.36 bits per heavy atom. The molecule has 0 aliphatic rings. The number of fused-ring (bicyclic) bond motifs is 1. The van der Waals surface area contributed by atoms with E-state index in [1.807, 2.05) is 36.5 Å². The minimum atomic E-state index is 0.881. The molecule has 0 saturated heterocycles. The standard InChI is InChI=1S/C25H19N3/c1-18-15-16-26-25-23(18)27-24(28(25)22-13-6-3-7-14-22)21-12-8-11-20(17-21)19-9-4-2-5-10-19/h2-17H,1H3. The fraction of sp³-hybridized carbons (Fsp3) is 0.0400. The molecule has 5 aromatic rings. The van der Waals surface area contributed by atoms with E-state index in [4.69, 9.17) is 4.98 Å². The van der Waals surface area contributed by atoms with Crippen LogP contribution >= 0.6 is 0 Å². The van der Waals surface area contributed by atoms with Crippen LogP contribution in [0, 0.1) is 6.92 Å². The normalized spacial score (nSPS) is 11.0. The zero-order valence-electron chi connectivity index (χ0n) is 15.6. The third-order valence-corrected chi connectivity index (χ3v) is 4.99. The maximum Gasteiger partial charge on any atom is 0.165 e. The summed E-state index contributed by atoms with van der Waals surface area (Å²) in [5.74, 6) is 0.904. The quantitative estimate of drug-likeness (QED) is 0.391. The molecule has 28 heavy (non-hydrogen) atoms. The van der Waals surface area contributed by atoms with Gasteiger partial charge in [-0.15, -0.1) is 0 Å². The summed E-state index contributed by atoms with van der Waals surface area (Å²) in [7, 11) is 0. The van der Waals surface area contributed by atoms with Crippen molar-refractivity contribution < 1.29 is 0 Å². The van der Waals surface area contributed by atoms with Crippen molar-refractivity contribution in [2.24, 2.45) is 0 Å². The minimum absolute atomic E-state index is 0.881. The van der Waals surface area contributed by atoms with Crippen LogP contribution in [0.15, 0.2) is 97.2 Å². The van der Waals surface area contributed by atoms with Crippen molar-refractivity contribution in [1.82, 2.24) is 14.5 Å². The van der Waals surface area contributed by atoms with Crippen molar-refractivity contribution in [3.8, 4) is 28.2 Å². The first-order chi connectivity index (χ1) is 13.8. The molecule has 0 atom stereocenters. The van der Waals surface area contributed by atoms with Gasteiger partial charge in [-0.2, -0.15) is 0 Å². The summed E-state index contributed by atoms with van der Waals surface area (Å²) in [5, 5.41) is 0. The molecule has 0 N–H and O–H groups in total. The summed E-state index contributed by atoms with van der Waals surface area (Å²) < 4.78 is 2.15. The molecule has 0 saturated carbocycles. The van der Waals surface area contributed by atoms with Crippen LogP contribution in [-0.2, 0) is 0 Å². The Labute approximate surface area is 164 Å². The zero-order valence-corrected chi connectivity index (χ0v) is 15.6. The van der Waals surface area contributed by atoms with Crippen LogP contribution in [0.3, 0.4) is 0 Å². The Morgan fingerprint density at radius 3 is 2.14 bits per heavy atom. The van der Waals surface area contributed by atoms with Gasteiger partial charge in [0, 0.05) is 17.4 Å². The molecular formula is C25H19N3. The highest BCUT2D eigenvalue weighted by Gasteiger charge is 2.16. The SMILES string of the molecule is Cc1ccnc2c1nc(-c1cccc(-c3ccccc3)c1)n2-c1ccccc1. The van der Waals surface area contributed by atoms with Gasteiger partial charge in [-0.1, -0.05) is 66.7 Å². The Bertz CT molecular complexity index is 1260. The Hall–Kier alpha value is -3.72. The molecule has 0 aliphatic heterocycles. The topological polar surface area (TPSA) is 30.7 Å². The van der Waals surface area contributed by atoms with E-state index < -0.39 is 0 Å². The summed E-state index contributed by atoms with van der Waals surface area (Å²) in [6.07, 6.45) is 1.85. The van der Waals surface area contributed by atoms with E-state index in [1.165, 1.54) is 11.1 Å². The number of aryl methyl sites for hydroxylation is 1. The van der Waals surface area contributed by atoms with E-state index in [9.17, 15) is 0 Å². The lowest BCUT2D eigenvalue weighted by atomic mass is 10.0. The van der Waals surface area contributed by atoms with Gasteiger partial charge in [0.1, 0.15) is 11.3 Å². The molecule has 3 aromatic carbocycles. The van der Waals surface area contributed by atoms with Gasteiger partial charge in [0.05, 0.1) is 0 Å². The number of aromatic nitrogens is 3. The molecule has 134 valence electrons. The summed E-state index contributed by atoms with van der Waals surface area (Å²) >= 11 is 0. The molecular weight excluding hydrogens is 342 g/mol. The summed E-state index contributed by atoms with van der Waals surface area (Å²) in [6, 6.07) is 31.3. The van der Waals surface area contributed by atoms with Gasteiger partial charge in [-0.05, 0) is 47.9 Å². The molecule has 0 radical (unpaired) electrons. The van der Waals surface area contributed by atoms with Gasteiger partial charge in [-0.25, -0.2) is 9.97 Å². The van der Waals surface area contributed by atoms with Gasteiger partial charge < -0.3 is 0 Å². The van der Waals surface area contributed by atoms with Crippen LogP contribution in [-0.4, -0.2) is 14.5 Å². The van der Waals surface area contributed by atoms with Crippen molar-refractivity contribution in [2.45, 2.75) is 6.92 Å². The van der Waals surface area contributed by atoms with Crippen LogP contribution in [0.2, 0.25) is 0 Å². The maximum atomic E-state index is 4.99. The molecule has 5 rings (SSSR count). The molecule has 0 amide bonds. The Morgan fingerprint density at radius 1 is 0.679 bits per heavy atom. The fourth-order valence-electron chi connectivity index (χ4n) is 3.58. The lowest BCUT2D eigenvalue weighted by Gasteiger charge is -2.10. The largest absolute Gasteiger partial charge is 0.277 e. The second-order valence-electron chi connectivity index (χ2n) is 6.85. The smallest absolute Gasteiger partial charge is 0.165 e. The predicted octanol–water partition coefficient (Wildman–Crippen LogP) is 6.06. The minimum Gasteiger partial charge on any atom is -0.277 e. The van der Waals surface area contributed by atoms with Crippen molar-refractivity contribution in [2.75, 3.05) is 0 Å². The average Bonchev–Trinajstić information content (AvgIpc) is 3.16. The molecule has 0 unspecified atom stereocenters. The molecule has 2 heterocycles. The predicted molar refractivity (Wildman–Crippen MR) is 114 cm³/mol. The highest BCUT2D eigenvalue weighted by molar-refractivity contribution is 5.83. The van der Waals surface area contributed by atoms with Crippen LogP contribution in [0.25, 0.3) is 39.4 Å². The van der Waals surface area contributed by atoms with Crippen LogP contribution < -0.4 is 0 Å². The highest BCUT2D eigenvalue weighted by atomic mass is 15.1. The number of rotatable bonds is 3. The molecule has 0 spiro atoms. The summed E-state index contributed by atoms with van der Waals surface area (Å²) in [6.45, 7) is 2.08. The van der Waals surface area contributed by atoms with Gasteiger partial charge >= 0.3 is 0 Å². The number of hydrogen-bond acceptors (Lipinski definition) is 2. The second kappa shape index (κ2) is 6.78. The number of para-hydroxylation sites is 1. The first-order valence-corrected chi connectivity index (χ1v) is 9.36. The van der Waals surface area contributed by atoms with E-state index in [2.05, 4.69) is 77.1 Å². The van der Waals surface area contributed by atoms with Gasteiger partial charge in [-0.3, -0.25) is 4.57 Å². The number of imidazole rings is 1. The number of hydrogen-bond donors (Lipinski definition) is 0. The first-order valence-electron chi connectivity index (χ1n) is 9.36. The van der Waals surface area contributed by atoms with Crippen LogP contribution in [0.5, 0.6) is 0 Å². The van der Waals surface area contributed by atoms with Crippen molar-refractivity contribution in [3.63, 3.8) is 0 Å². The number of nitrogens with zero attached hydrogens (tertiary/aromatic N) is 3. The summed E-state index contributed by atoms with van der Waals surface area (Å²) in [4.78, 5) is 9.64. The third-order valence-electron chi connectivity index (χ3n) is 4.99. The molecule has 3 nitrogen and oxygen atoms in total. The third kappa shape index (κ3) is 2.78. The highest BCUT2D eigenvalue weighted by Crippen LogP contribution is 2.31. The molecule has 0 fully saturated rings. The average molecular weight is 361 g/mol. The van der Waals surface area contributed by atoms with Gasteiger partial charge in [0.15, 0.2) is 5.65 Å². The second-order valence-corrected chi connectivity index (χ2v) is 6.85. The van der Waals surface area contributed by atoms with Gasteiger partial charge in [0.2, 0.25) is 0 Å². The van der Waals surface area contributed by atoms with E-state index in [1.54, 1.807) is 0 Å². The lowest BCUT2D eigenvalue weighted by Crippen LogP contribution is -1.98. The maximum absolute atomic E-state index is 4.99. The van der Waals surface area contributed by atoms with Gasteiger partial charge in [0.25, 0.3) is 0 Å². The number of benzene rings is 3. The van der Waals surface area contributed by atoms with E-state index in [0.29, 0.717) is 0 Å². The Kier molecular flexibility index (Phi) is 3.99. The number of pyridine rings is 1. The van der Waals surface area contributed by atoms with E-state index in [0.717, 1.165) is 33.8 Å². The fourth-order valence-corrected chi connectivity index (χ4v) is 3.58. The van der Waals surface area contributed by atoms with Crippen LogP contribution in [0.1, 0.15) is 5.56 Å². The molecule has 0 aliphatic carbocycles. The van der Waals surface area contributed by atoms with Crippen LogP contribution in [0.4, 0.5) is 0 Å². The van der Waals surface area contributed by atoms with E-state index >= 15 is 0 Å². The Balaban J connectivity index is 1.77. The molecule has 3 heteroatoms. The monoisotopic (exact) mass is 361 g/mol. The summed E-state index contributed by atoms with van der Waals surface area (Å²) in [5.41, 5.74) is 7.44. The van der Waals surface area contributed by atoms with Crippen molar-refractivity contribution in [1.29, 1.82) is 0 Å². The van der Waals surface area contributed by atoms with E-state index in [-0.39, 0.29) is 0 Å². The molecule has 0 bridgehead atoms. The molecule has 2 aromatic heterocycles. The first kappa shape index (κ1) is 16.5. The van der Waals surface area contributed by atoms with Crippen molar-refractivity contribution >= 4 is 11.2 Å².